The van der Waals surface area contributed by atoms with Gasteiger partial charge in [0.1, 0.15) is 6.04 Å². The molecule has 1 amide bonds. The second-order valence-electron chi connectivity index (χ2n) is 6.01. The Kier molecular flexibility index (Phi) is 6.45. The Bertz CT molecular complexity index is 870. The molecule has 1 aromatic rings. The molecule has 0 aromatic heterocycles. The summed E-state index contributed by atoms with van der Waals surface area (Å²) in [5.41, 5.74) is -0.112. The number of amides is 1. The molecule has 1 fully saturated rings. The molecule has 2 atom stereocenters. The van der Waals surface area contributed by atoms with Gasteiger partial charge in [0.25, 0.3) is 5.91 Å². The maximum absolute atomic E-state index is 12.4. The number of sulfonamides is 1. The van der Waals surface area contributed by atoms with Gasteiger partial charge in [0, 0.05) is 20.5 Å². The summed E-state index contributed by atoms with van der Waals surface area (Å²) in [6, 6.07) is 2.60. The third-order valence-electron chi connectivity index (χ3n) is 3.81. The predicted octanol–water partition coefficient (Wildman–Crippen LogP) is 0.567. The topological polar surface area (TPSA) is 119 Å². The highest BCUT2D eigenvalue weighted by atomic mass is 35.5. The number of ether oxygens (including phenoxy) is 2. The van der Waals surface area contributed by atoms with Gasteiger partial charge in [-0.1, -0.05) is 11.6 Å². The van der Waals surface area contributed by atoms with Crippen molar-refractivity contribution in [2.24, 2.45) is 0 Å². The average Bonchev–Trinajstić information content (AvgIpc) is 2.99. The van der Waals surface area contributed by atoms with Crippen LogP contribution in [0, 0.1) is 0 Å². The van der Waals surface area contributed by atoms with E-state index in [9.17, 15) is 22.8 Å². The van der Waals surface area contributed by atoms with Gasteiger partial charge in [0.05, 0.1) is 22.1 Å². The van der Waals surface area contributed by atoms with Gasteiger partial charge >= 0.3 is 11.9 Å². The van der Waals surface area contributed by atoms with Crippen LogP contribution >= 0.6 is 11.6 Å². The minimum atomic E-state index is -3.76. The molecule has 1 aliphatic heterocycles. The van der Waals surface area contributed by atoms with Crippen molar-refractivity contribution in [1.82, 2.24) is 9.62 Å². The fourth-order valence-corrected chi connectivity index (χ4v) is 3.34. The van der Waals surface area contributed by atoms with E-state index in [4.69, 9.17) is 21.1 Å². The van der Waals surface area contributed by atoms with Crippen molar-refractivity contribution in [3.05, 3.63) is 28.8 Å². The van der Waals surface area contributed by atoms with Crippen LogP contribution < -0.4 is 5.32 Å². The van der Waals surface area contributed by atoms with Gasteiger partial charge in [-0.25, -0.2) is 22.3 Å². The summed E-state index contributed by atoms with van der Waals surface area (Å²) < 4.78 is 35.1. The van der Waals surface area contributed by atoms with E-state index in [0.29, 0.717) is 0 Å². The van der Waals surface area contributed by atoms with E-state index in [-0.39, 0.29) is 28.5 Å². The Morgan fingerprint density at radius 3 is 2.59 bits per heavy atom. The third-order valence-corrected chi connectivity index (χ3v) is 5.95. The minimum Gasteiger partial charge on any atom is -0.463 e. The molecule has 0 bridgehead atoms. The van der Waals surface area contributed by atoms with Crippen LogP contribution in [0.15, 0.2) is 23.1 Å². The monoisotopic (exact) mass is 418 g/mol. The van der Waals surface area contributed by atoms with Crippen molar-refractivity contribution in [3.8, 4) is 0 Å². The van der Waals surface area contributed by atoms with E-state index >= 15 is 0 Å². The van der Waals surface area contributed by atoms with Gasteiger partial charge in [-0.05, 0) is 25.1 Å². The van der Waals surface area contributed by atoms with Crippen molar-refractivity contribution in [3.63, 3.8) is 0 Å². The van der Waals surface area contributed by atoms with Crippen LogP contribution in [0.5, 0.6) is 0 Å². The molecule has 1 saturated heterocycles. The number of carbonyl (C=O) groups excluding carboxylic acids is 3. The zero-order valence-corrected chi connectivity index (χ0v) is 16.5. The first-order valence-electron chi connectivity index (χ1n) is 7.94. The second-order valence-corrected chi connectivity index (χ2v) is 8.56. The number of nitrogens with one attached hydrogen (secondary N) is 1. The minimum absolute atomic E-state index is 0.0187. The van der Waals surface area contributed by atoms with Crippen molar-refractivity contribution in [2.45, 2.75) is 30.4 Å². The van der Waals surface area contributed by atoms with Gasteiger partial charge in [-0.3, -0.25) is 4.79 Å². The molecule has 148 valence electrons. The summed E-state index contributed by atoms with van der Waals surface area (Å²) in [6.45, 7) is 1.54. The van der Waals surface area contributed by atoms with E-state index in [1.165, 1.54) is 33.2 Å². The van der Waals surface area contributed by atoms with Crippen molar-refractivity contribution in [2.75, 3.05) is 20.7 Å². The summed E-state index contributed by atoms with van der Waals surface area (Å²) in [4.78, 5) is 35.7. The lowest BCUT2D eigenvalue weighted by molar-refractivity contribution is -0.161. The standard InChI is InChI=1S/C16H19ClN2O7S/c1-9(15(21)26-13-6-7-25-16(13)22)18-14(20)11-8-10(4-5-12(11)17)27(23,24)19(2)3/h4-5,8-9,13H,6-7H2,1-3H3,(H,18,20). The fraction of sp³-hybridized carbons (Fsp3) is 0.438. The van der Waals surface area contributed by atoms with E-state index < -0.39 is 40.0 Å². The third kappa shape index (κ3) is 4.76. The van der Waals surface area contributed by atoms with E-state index in [1.54, 1.807) is 0 Å². The number of esters is 2. The van der Waals surface area contributed by atoms with Crippen LogP contribution in [-0.4, -0.2) is 63.4 Å². The number of carbonyl (C=O) groups is 3. The fourth-order valence-electron chi connectivity index (χ4n) is 2.21. The van der Waals surface area contributed by atoms with Gasteiger partial charge < -0.3 is 14.8 Å². The lowest BCUT2D eigenvalue weighted by Crippen LogP contribution is -2.41. The number of hydrogen-bond acceptors (Lipinski definition) is 7. The Hall–Kier alpha value is -2.17. The summed E-state index contributed by atoms with van der Waals surface area (Å²) in [5, 5.41) is 2.39. The Morgan fingerprint density at radius 2 is 2.04 bits per heavy atom. The molecule has 2 unspecified atom stereocenters. The Morgan fingerprint density at radius 1 is 1.37 bits per heavy atom. The molecule has 0 radical (unpaired) electrons. The summed E-state index contributed by atoms with van der Waals surface area (Å²) >= 11 is 5.99. The highest BCUT2D eigenvalue weighted by Crippen LogP contribution is 2.22. The lowest BCUT2D eigenvalue weighted by Gasteiger charge is -2.16. The molecule has 0 saturated carbocycles. The van der Waals surface area contributed by atoms with Crippen LogP contribution in [-0.2, 0) is 29.1 Å². The maximum Gasteiger partial charge on any atom is 0.347 e. The number of nitrogens with zero attached hydrogens (tertiary/aromatic N) is 1. The first kappa shape index (κ1) is 21.1. The molecule has 11 heteroatoms. The largest absolute Gasteiger partial charge is 0.463 e. The molecule has 27 heavy (non-hydrogen) atoms. The molecule has 1 aromatic carbocycles. The van der Waals surface area contributed by atoms with Crippen molar-refractivity contribution < 1.29 is 32.3 Å². The van der Waals surface area contributed by atoms with Crippen LogP contribution in [0.3, 0.4) is 0 Å². The molecule has 1 N–H and O–H groups in total. The molecule has 0 spiro atoms. The Labute approximate surface area is 161 Å². The van der Waals surface area contributed by atoms with Crippen molar-refractivity contribution in [1.29, 1.82) is 0 Å². The average molecular weight is 419 g/mol. The number of benzene rings is 1. The van der Waals surface area contributed by atoms with Gasteiger partial charge in [-0.15, -0.1) is 0 Å². The second kappa shape index (κ2) is 8.24. The SMILES string of the molecule is CC(NC(=O)c1cc(S(=O)(=O)N(C)C)ccc1Cl)C(=O)OC1CCOC1=O. The van der Waals surface area contributed by atoms with Crippen LogP contribution in [0.4, 0.5) is 0 Å². The summed E-state index contributed by atoms with van der Waals surface area (Å²) in [6.07, 6.45) is -0.740. The quantitative estimate of drug-likeness (QED) is 0.670. The van der Waals surface area contributed by atoms with Gasteiger partial charge in [0.2, 0.25) is 16.1 Å². The molecule has 9 nitrogen and oxygen atoms in total. The highest BCUT2D eigenvalue weighted by molar-refractivity contribution is 7.89. The van der Waals surface area contributed by atoms with Gasteiger partial charge in [0.15, 0.2) is 0 Å². The zero-order valence-electron chi connectivity index (χ0n) is 14.9. The number of hydrogen-bond donors (Lipinski definition) is 1. The predicted molar refractivity (Wildman–Crippen MR) is 94.7 cm³/mol. The molecule has 2 rings (SSSR count). The number of rotatable bonds is 6. The van der Waals surface area contributed by atoms with Crippen LogP contribution in [0.1, 0.15) is 23.7 Å². The van der Waals surface area contributed by atoms with E-state index in [0.717, 1.165) is 10.4 Å². The van der Waals surface area contributed by atoms with E-state index in [2.05, 4.69) is 5.32 Å². The van der Waals surface area contributed by atoms with Gasteiger partial charge in [-0.2, -0.15) is 0 Å². The van der Waals surface area contributed by atoms with E-state index in [1.807, 2.05) is 0 Å². The smallest absolute Gasteiger partial charge is 0.347 e. The maximum atomic E-state index is 12.4. The Balaban J connectivity index is 2.13. The normalized spacial score (nSPS) is 18.1. The molecular formula is C16H19ClN2O7S. The zero-order chi connectivity index (χ0) is 20.4. The number of halogens is 1. The molecular weight excluding hydrogens is 400 g/mol. The summed E-state index contributed by atoms with van der Waals surface area (Å²) in [7, 11) is -1.05. The first-order valence-corrected chi connectivity index (χ1v) is 9.76. The molecule has 0 aliphatic carbocycles. The molecule has 1 heterocycles. The highest BCUT2D eigenvalue weighted by Gasteiger charge is 2.32. The van der Waals surface area contributed by atoms with Crippen LogP contribution in [0.25, 0.3) is 0 Å². The lowest BCUT2D eigenvalue weighted by atomic mass is 10.2. The first-order chi connectivity index (χ1) is 12.5. The van der Waals surface area contributed by atoms with Crippen molar-refractivity contribution >= 4 is 39.5 Å². The van der Waals surface area contributed by atoms with Crippen LogP contribution in [0.2, 0.25) is 5.02 Å². The number of cyclic esters (lactones) is 1. The molecule has 1 aliphatic rings. The summed E-state index contributed by atoms with van der Waals surface area (Å²) in [5.74, 6) is -2.21.